The summed E-state index contributed by atoms with van der Waals surface area (Å²) in [6.45, 7) is 2.03. The molecule has 0 aliphatic heterocycles. The summed E-state index contributed by atoms with van der Waals surface area (Å²) in [6.07, 6.45) is 3.56. The molecule has 17 heavy (non-hydrogen) atoms. The maximum atomic E-state index is 5.75. The van der Waals surface area contributed by atoms with Gasteiger partial charge in [-0.2, -0.15) is 0 Å². The average molecular weight is 224 g/mol. The van der Waals surface area contributed by atoms with Crippen LogP contribution in [0.4, 0.5) is 5.69 Å². The van der Waals surface area contributed by atoms with E-state index in [9.17, 15) is 0 Å². The summed E-state index contributed by atoms with van der Waals surface area (Å²) in [5, 5.41) is 0. The molecule has 1 aromatic carbocycles. The van der Waals surface area contributed by atoms with Crippen LogP contribution in [0.15, 0.2) is 42.9 Å². The first kappa shape index (κ1) is 9.84. The van der Waals surface area contributed by atoms with Crippen molar-refractivity contribution in [1.29, 1.82) is 0 Å². The topological polar surface area (TPSA) is 56.7 Å². The molecular weight excluding hydrogens is 212 g/mol. The van der Waals surface area contributed by atoms with Crippen molar-refractivity contribution in [1.82, 2.24) is 14.5 Å². The number of pyridine rings is 1. The van der Waals surface area contributed by atoms with Crippen molar-refractivity contribution < 1.29 is 0 Å². The molecule has 3 rings (SSSR count). The molecule has 2 aromatic heterocycles. The lowest BCUT2D eigenvalue weighted by Crippen LogP contribution is -1.97. The van der Waals surface area contributed by atoms with Crippen molar-refractivity contribution in [2.75, 3.05) is 5.73 Å². The van der Waals surface area contributed by atoms with Crippen LogP contribution in [0.2, 0.25) is 0 Å². The Bertz CT molecular complexity index is 685. The van der Waals surface area contributed by atoms with Crippen LogP contribution in [0, 0.1) is 6.92 Å². The number of rotatable bonds is 1. The fourth-order valence-corrected chi connectivity index (χ4v) is 1.97. The third-order valence-corrected chi connectivity index (χ3v) is 2.79. The van der Waals surface area contributed by atoms with Crippen molar-refractivity contribution in [3.8, 4) is 5.69 Å². The molecule has 0 atom stereocenters. The highest BCUT2D eigenvalue weighted by Crippen LogP contribution is 2.20. The van der Waals surface area contributed by atoms with Gasteiger partial charge in [-0.3, -0.25) is 4.57 Å². The van der Waals surface area contributed by atoms with Crippen LogP contribution in [-0.2, 0) is 0 Å². The first-order chi connectivity index (χ1) is 8.25. The number of aromatic nitrogens is 3. The van der Waals surface area contributed by atoms with Crippen molar-refractivity contribution >= 4 is 16.9 Å². The number of benzene rings is 1. The predicted molar refractivity (Wildman–Crippen MR) is 68.0 cm³/mol. The summed E-state index contributed by atoms with van der Waals surface area (Å²) in [5.74, 6) is 0. The molecule has 0 aliphatic carbocycles. The van der Waals surface area contributed by atoms with Crippen LogP contribution in [0.5, 0.6) is 0 Å². The minimum Gasteiger partial charge on any atom is -0.399 e. The van der Waals surface area contributed by atoms with Gasteiger partial charge in [-0.05, 0) is 42.8 Å². The van der Waals surface area contributed by atoms with Gasteiger partial charge in [0.1, 0.15) is 11.8 Å². The smallest absolute Gasteiger partial charge is 0.164 e. The molecule has 2 heterocycles. The minimum absolute atomic E-state index is 0.767. The van der Waals surface area contributed by atoms with E-state index >= 15 is 0 Å². The monoisotopic (exact) mass is 224 g/mol. The number of nitrogens with two attached hydrogens (primary N) is 1. The Morgan fingerprint density at radius 2 is 2.06 bits per heavy atom. The number of anilines is 1. The zero-order valence-electron chi connectivity index (χ0n) is 9.46. The van der Waals surface area contributed by atoms with E-state index in [2.05, 4.69) is 9.97 Å². The average Bonchev–Trinajstić information content (AvgIpc) is 2.73. The third-order valence-electron chi connectivity index (χ3n) is 2.79. The molecule has 4 heteroatoms. The number of nitrogen functional groups attached to an aromatic ring is 1. The van der Waals surface area contributed by atoms with E-state index in [0.29, 0.717) is 0 Å². The molecule has 4 nitrogen and oxygen atoms in total. The number of nitrogens with zero attached hydrogens (tertiary/aromatic N) is 3. The number of hydrogen-bond acceptors (Lipinski definition) is 3. The highest BCUT2D eigenvalue weighted by molar-refractivity contribution is 5.73. The van der Waals surface area contributed by atoms with Crippen molar-refractivity contribution in [3.05, 3.63) is 48.4 Å². The molecule has 0 fully saturated rings. The SMILES string of the molecule is Cc1cc(N)ccc1-n1cnc2cccnc21. The second-order valence-electron chi connectivity index (χ2n) is 4.01. The molecule has 0 spiro atoms. The highest BCUT2D eigenvalue weighted by atomic mass is 15.1. The first-order valence-electron chi connectivity index (χ1n) is 5.40. The van der Waals surface area contributed by atoms with Gasteiger partial charge in [-0.1, -0.05) is 0 Å². The molecule has 3 aromatic rings. The molecule has 2 N–H and O–H groups in total. The van der Waals surface area contributed by atoms with E-state index in [0.717, 1.165) is 28.1 Å². The van der Waals surface area contributed by atoms with Crippen LogP contribution < -0.4 is 5.73 Å². The van der Waals surface area contributed by atoms with Crippen LogP contribution in [0.3, 0.4) is 0 Å². The van der Waals surface area contributed by atoms with Crippen LogP contribution in [0.25, 0.3) is 16.9 Å². The summed E-state index contributed by atoms with van der Waals surface area (Å²) < 4.78 is 1.98. The Kier molecular flexibility index (Phi) is 2.08. The second-order valence-corrected chi connectivity index (χ2v) is 4.01. The summed E-state index contributed by atoms with van der Waals surface area (Å²) in [5.41, 5.74) is 10.4. The van der Waals surface area contributed by atoms with Crippen LogP contribution in [-0.4, -0.2) is 14.5 Å². The van der Waals surface area contributed by atoms with E-state index in [1.54, 1.807) is 12.5 Å². The third kappa shape index (κ3) is 1.54. The lowest BCUT2D eigenvalue weighted by molar-refractivity contribution is 1.05. The lowest BCUT2D eigenvalue weighted by Gasteiger charge is -2.08. The minimum atomic E-state index is 0.767. The Hall–Kier alpha value is -2.36. The molecule has 0 unspecified atom stereocenters. The number of hydrogen-bond donors (Lipinski definition) is 1. The second kappa shape index (κ2) is 3.59. The van der Waals surface area contributed by atoms with E-state index in [-0.39, 0.29) is 0 Å². The van der Waals surface area contributed by atoms with Crippen molar-refractivity contribution in [2.24, 2.45) is 0 Å². The summed E-state index contributed by atoms with van der Waals surface area (Å²) >= 11 is 0. The van der Waals surface area contributed by atoms with E-state index in [1.165, 1.54) is 0 Å². The summed E-state index contributed by atoms with van der Waals surface area (Å²) in [6, 6.07) is 9.66. The molecule has 0 saturated heterocycles. The zero-order valence-corrected chi connectivity index (χ0v) is 9.46. The highest BCUT2D eigenvalue weighted by Gasteiger charge is 2.07. The van der Waals surface area contributed by atoms with Gasteiger partial charge in [0.25, 0.3) is 0 Å². The summed E-state index contributed by atoms with van der Waals surface area (Å²) in [7, 11) is 0. The largest absolute Gasteiger partial charge is 0.399 e. The van der Waals surface area contributed by atoms with Gasteiger partial charge < -0.3 is 5.73 Å². The maximum Gasteiger partial charge on any atom is 0.164 e. The zero-order chi connectivity index (χ0) is 11.8. The Morgan fingerprint density at radius 1 is 1.18 bits per heavy atom. The molecule has 0 saturated carbocycles. The van der Waals surface area contributed by atoms with Gasteiger partial charge in [0, 0.05) is 11.9 Å². The normalized spacial score (nSPS) is 10.9. The van der Waals surface area contributed by atoms with Gasteiger partial charge in [0.05, 0.1) is 5.69 Å². The Labute approximate surface area is 98.7 Å². The van der Waals surface area contributed by atoms with E-state index < -0.39 is 0 Å². The van der Waals surface area contributed by atoms with Crippen molar-refractivity contribution in [3.63, 3.8) is 0 Å². The fraction of sp³-hybridized carbons (Fsp3) is 0.0769. The van der Waals surface area contributed by atoms with E-state index in [1.807, 2.05) is 41.8 Å². The number of fused-ring (bicyclic) bond motifs is 1. The Balaban J connectivity index is 2.27. The fourth-order valence-electron chi connectivity index (χ4n) is 1.97. The van der Waals surface area contributed by atoms with Gasteiger partial charge in [-0.15, -0.1) is 0 Å². The standard InChI is InChI=1S/C13H12N4/c1-9-7-10(14)4-5-12(9)17-8-16-11-3-2-6-15-13(11)17/h2-8H,14H2,1H3. The molecule has 0 aliphatic rings. The quantitative estimate of drug-likeness (QED) is 0.645. The molecule has 0 bridgehead atoms. The van der Waals surface area contributed by atoms with Crippen LogP contribution in [0.1, 0.15) is 5.56 Å². The summed E-state index contributed by atoms with van der Waals surface area (Å²) in [4.78, 5) is 8.68. The predicted octanol–water partition coefficient (Wildman–Crippen LogP) is 2.31. The van der Waals surface area contributed by atoms with Gasteiger partial charge in [-0.25, -0.2) is 9.97 Å². The molecule has 0 radical (unpaired) electrons. The number of imidazole rings is 1. The van der Waals surface area contributed by atoms with Crippen molar-refractivity contribution in [2.45, 2.75) is 6.92 Å². The van der Waals surface area contributed by atoms with Gasteiger partial charge >= 0.3 is 0 Å². The van der Waals surface area contributed by atoms with E-state index in [4.69, 9.17) is 5.73 Å². The lowest BCUT2D eigenvalue weighted by atomic mass is 10.2. The van der Waals surface area contributed by atoms with Gasteiger partial charge in [0.2, 0.25) is 0 Å². The molecular formula is C13H12N4. The van der Waals surface area contributed by atoms with Gasteiger partial charge in [0.15, 0.2) is 5.65 Å². The first-order valence-corrected chi connectivity index (χ1v) is 5.40. The van der Waals surface area contributed by atoms with Crippen LogP contribution >= 0.6 is 0 Å². The number of aryl methyl sites for hydroxylation is 1. The maximum absolute atomic E-state index is 5.75. The molecule has 0 amide bonds. The molecule has 84 valence electrons. The Morgan fingerprint density at radius 3 is 2.88 bits per heavy atom.